The molecule has 26 heavy (non-hydrogen) atoms. The maximum absolute atomic E-state index is 13.5. The minimum atomic E-state index is -1.04. The van der Waals surface area contributed by atoms with Crippen molar-refractivity contribution in [3.63, 3.8) is 0 Å². The molecule has 1 aliphatic heterocycles. The van der Waals surface area contributed by atoms with Gasteiger partial charge in [0.2, 0.25) is 0 Å². The number of hydrogen-bond acceptors (Lipinski definition) is 3. The number of aryl methyl sites for hydroxylation is 1. The van der Waals surface area contributed by atoms with Crippen LogP contribution in [0.3, 0.4) is 0 Å². The number of nitrogens with zero attached hydrogens (tertiary/aromatic N) is 3. The molecule has 2 heterocycles. The number of hydrogen-bond donors (Lipinski definition) is 1. The summed E-state index contributed by atoms with van der Waals surface area (Å²) in [6.07, 6.45) is 3.96. The Kier molecular flexibility index (Phi) is 5.29. The van der Waals surface area contributed by atoms with E-state index in [0.717, 1.165) is 43.6 Å². The van der Waals surface area contributed by atoms with Crippen molar-refractivity contribution in [3.05, 3.63) is 52.9 Å². The summed E-state index contributed by atoms with van der Waals surface area (Å²) in [4.78, 5) is 25.2. The van der Waals surface area contributed by atoms with Gasteiger partial charge >= 0.3 is 5.97 Å². The van der Waals surface area contributed by atoms with Gasteiger partial charge in [-0.15, -0.1) is 0 Å². The Morgan fingerprint density at radius 3 is 2.77 bits per heavy atom. The third-order valence-corrected chi connectivity index (χ3v) is 4.45. The van der Waals surface area contributed by atoms with Gasteiger partial charge in [0.25, 0.3) is 5.91 Å². The van der Waals surface area contributed by atoms with Crippen LogP contribution in [0, 0.1) is 11.6 Å². The van der Waals surface area contributed by atoms with E-state index in [4.69, 9.17) is 5.11 Å². The van der Waals surface area contributed by atoms with E-state index >= 15 is 0 Å². The number of benzene rings is 1. The zero-order chi connectivity index (χ0) is 18.7. The maximum atomic E-state index is 13.5. The van der Waals surface area contributed by atoms with Crippen molar-refractivity contribution in [2.24, 2.45) is 0 Å². The van der Waals surface area contributed by atoms with Crippen LogP contribution in [-0.2, 0) is 24.3 Å². The number of carboxylic acids is 1. The first-order chi connectivity index (χ1) is 12.5. The first kappa shape index (κ1) is 18.0. The van der Waals surface area contributed by atoms with Crippen molar-refractivity contribution in [2.75, 3.05) is 6.54 Å². The number of rotatable bonds is 6. The predicted octanol–water partition coefficient (Wildman–Crippen LogP) is 2.61. The van der Waals surface area contributed by atoms with Gasteiger partial charge < -0.3 is 10.0 Å². The highest BCUT2D eigenvalue weighted by atomic mass is 19.2. The predicted molar refractivity (Wildman–Crippen MR) is 88.5 cm³/mol. The number of fused-ring (bicyclic) bond motifs is 1. The molecule has 0 aliphatic carbocycles. The molecule has 8 heteroatoms. The lowest BCUT2D eigenvalue weighted by Gasteiger charge is -2.23. The summed E-state index contributed by atoms with van der Waals surface area (Å²) >= 11 is 0. The summed E-state index contributed by atoms with van der Waals surface area (Å²) in [6.45, 7) is 0.715. The van der Waals surface area contributed by atoms with Crippen molar-refractivity contribution in [3.8, 4) is 0 Å². The molecule has 0 saturated heterocycles. The second kappa shape index (κ2) is 7.63. The van der Waals surface area contributed by atoms with E-state index in [2.05, 4.69) is 5.10 Å². The summed E-state index contributed by atoms with van der Waals surface area (Å²) in [6, 6.07) is 3.39. The van der Waals surface area contributed by atoms with E-state index in [9.17, 15) is 18.4 Å². The Morgan fingerprint density at radius 1 is 1.23 bits per heavy atom. The molecule has 1 aliphatic rings. The average molecular weight is 363 g/mol. The van der Waals surface area contributed by atoms with Crippen LogP contribution < -0.4 is 0 Å². The normalized spacial score (nSPS) is 13.3. The summed E-state index contributed by atoms with van der Waals surface area (Å²) in [7, 11) is 0. The molecule has 3 rings (SSSR count). The van der Waals surface area contributed by atoms with Gasteiger partial charge in [-0.05, 0) is 37.0 Å². The van der Waals surface area contributed by atoms with Gasteiger partial charge in [-0.1, -0.05) is 6.07 Å². The molecule has 0 bridgehead atoms. The lowest BCUT2D eigenvalue weighted by atomic mass is 10.1. The number of carbonyl (C=O) groups is 2. The first-order valence-corrected chi connectivity index (χ1v) is 8.45. The van der Waals surface area contributed by atoms with E-state index in [0.29, 0.717) is 11.1 Å². The standard InChI is InChI=1S/C18H19F2N3O3/c19-14-5-4-12(9-15(14)20)11-22(8-6-17(24)25)18(26)13-10-21-23-7-2-1-3-16(13)23/h4-5,9-10H,1-3,6-8,11H2,(H,24,25). The van der Waals surface area contributed by atoms with Crippen molar-refractivity contribution >= 4 is 11.9 Å². The van der Waals surface area contributed by atoms with Gasteiger partial charge in [0.15, 0.2) is 11.6 Å². The van der Waals surface area contributed by atoms with E-state index in [-0.39, 0.29) is 25.4 Å². The number of aliphatic carboxylic acids is 1. The second-order valence-corrected chi connectivity index (χ2v) is 6.30. The molecule has 0 radical (unpaired) electrons. The van der Waals surface area contributed by atoms with E-state index in [1.807, 2.05) is 0 Å². The van der Waals surface area contributed by atoms with Crippen LogP contribution in [0.2, 0.25) is 0 Å². The highest BCUT2D eigenvalue weighted by Gasteiger charge is 2.25. The Morgan fingerprint density at radius 2 is 2.04 bits per heavy atom. The van der Waals surface area contributed by atoms with Crippen LogP contribution in [0.5, 0.6) is 0 Å². The van der Waals surface area contributed by atoms with Crippen LogP contribution in [0.1, 0.15) is 40.9 Å². The van der Waals surface area contributed by atoms with Crippen molar-refractivity contribution in [1.29, 1.82) is 0 Å². The summed E-state index contributed by atoms with van der Waals surface area (Å²) in [5.41, 5.74) is 1.67. The fourth-order valence-electron chi connectivity index (χ4n) is 3.11. The maximum Gasteiger partial charge on any atom is 0.305 e. The lowest BCUT2D eigenvalue weighted by Crippen LogP contribution is -2.33. The SMILES string of the molecule is O=C(O)CCN(Cc1ccc(F)c(F)c1)C(=O)c1cnn2c1CCCC2. The monoisotopic (exact) mass is 363 g/mol. The molecule has 1 amide bonds. The molecule has 1 N–H and O–H groups in total. The molecule has 0 atom stereocenters. The number of carbonyl (C=O) groups excluding carboxylic acids is 1. The fraction of sp³-hybridized carbons (Fsp3) is 0.389. The number of carboxylic acid groups (broad SMARTS) is 1. The van der Waals surface area contributed by atoms with Crippen LogP contribution in [0.4, 0.5) is 8.78 Å². The molecule has 2 aromatic rings. The quantitative estimate of drug-likeness (QED) is 0.856. The molecule has 0 spiro atoms. The zero-order valence-corrected chi connectivity index (χ0v) is 14.1. The van der Waals surface area contributed by atoms with E-state index in [1.54, 1.807) is 4.68 Å². The largest absolute Gasteiger partial charge is 0.481 e. The third-order valence-electron chi connectivity index (χ3n) is 4.45. The minimum absolute atomic E-state index is 0.00602. The molecule has 1 aromatic carbocycles. The van der Waals surface area contributed by atoms with Gasteiger partial charge in [0, 0.05) is 19.6 Å². The van der Waals surface area contributed by atoms with Gasteiger partial charge in [-0.25, -0.2) is 8.78 Å². The van der Waals surface area contributed by atoms with E-state index < -0.39 is 17.6 Å². The third kappa shape index (κ3) is 3.89. The number of halogens is 2. The Balaban J connectivity index is 1.85. The minimum Gasteiger partial charge on any atom is -0.481 e. The van der Waals surface area contributed by atoms with Crippen LogP contribution in [0.25, 0.3) is 0 Å². The Bertz CT molecular complexity index is 835. The second-order valence-electron chi connectivity index (χ2n) is 6.30. The van der Waals surface area contributed by atoms with E-state index in [1.165, 1.54) is 17.2 Å². The average Bonchev–Trinajstić information content (AvgIpc) is 3.05. The van der Waals surface area contributed by atoms with Crippen LogP contribution >= 0.6 is 0 Å². The summed E-state index contributed by atoms with van der Waals surface area (Å²) in [5.74, 6) is -3.36. The van der Waals surface area contributed by atoms with Gasteiger partial charge in [0.1, 0.15) is 0 Å². The molecular formula is C18H19F2N3O3. The fourth-order valence-corrected chi connectivity index (χ4v) is 3.11. The molecule has 0 unspecified atom stereocenters. The van der Waals surface area contributed by atoms with Crippen molar-refractivity contribution in [2.45, 2.75) is 38.8 Å². The highest BCUT2D eigenvalue weighted by Crippen LogP contribution is 2.21. The highest BCUT2D eigenvalue weighted by molar-refractivity contribution is 5.95. The molecular weight excluding hydrogens is 344 g/mol. The lowest BCUT2D eigenvalue weighted by molar-refractivity contribution is -0.137. The number of aromatic nitrogens is 2. The smallest absolute Gasteiger partial charge is 0.305 e. The van der Waals surface area contributed by atoms with Gasteiger partial charge in [-0.2, -0.15) is 5.10 Å². The molecule has 6 nitrogen and oxygen atoms in total. The zero-order valence-electron chi connectivity index (χ0n) is 14.1. The topological polar surface area (TPSA) is 75.4 Å². The summed E-state index contributed by atoms with van der Waals surface area (Å²) < 4.78 is 28.4. The molecule has 1 aromatic heterocycles. The van der Waals surface area contributed by atoms with Gasteiger partial charge in [-0.3, -0.25) is 14.3 Å². The molecule has 138 valence electrons. The van der Waals surface area contributed by atoms with Crippen LogP contribution in [-0.4, -0.2) is 38.2 Å². The van der Waals surface area contributed by atoms with Gasteiger partial charge in [0.05, 0.1) is 23.9 Å². The molecule has 0 fully saturated rings. The number of amides is 1. The van der Waals surface area contributed by atoms with Crippen LogP contribution in [0.15, 0.2) is 24.4 Å². The summed E-state index contributed by atoms with van der Waals surface area (Å²) in [5, 5.41) is 13.2. The first-order valence-electron chi connectivity index (χ1n) is 8.45. The van der Waals surface area contributed by atoms with Crippen molar-refractivity contribution < 1.29 is 23.5 Å². The Labute approximate surface area is 149 Å². The molecule has 0 saturated carbocycles. The Hall–Kier alpha value is -2.77. The van der Waals surface area contributed by atoms with Crippen molar-refractivity contribution in [1.82, 2.24) is 14.7 Å².